The molecule has 0 radical (unpaired) electrons. The zero-order chi connectivity index (χ0) is 13.6. The summed E-state index contributed by atoms with van der Waals surface area (Å²) in [6.45, 7) is 0.342. The fourth-order valence-electron chi connectivity index (χ4n) is 1.24. The van der Waals surface area contributed by atoms with Gasteiger partial charge in [-0.05, 0) is 12.5 Å². The predicted octanol–water partition coefficient (Wildman–Crippen LogP) is 0.558. The largest absolute Gasteiger partial charge is 0.478 e. The van der Waals surface area contributed by atoms with Crippen molar-refractivity contribution in [2.45, 2.75) is 6.42 Å². The van der Waals surface area contributed by atoms with Crippen molar-refractivity contribution in [1.82, 2.24) is 4.98 Å². The van der Waals surface area contributed by atoms with Crippen LogP contribution in [-0.4, -0.2) is 43.9 Å². The van der Waals surface area contributed by atoms with Gasteiger partial charge in [0.25, 0.3) is 0 Å². The molecule has 0 saturated carbocycles. The summed E-state index contributed by atoms with van der Waals surface area (Å²) in [5.74, 6) is -1.26. The van der Waals surface area contributed by atoms with Crippen molar-refractivity contribution in [3.8, 4) is 0 Å². The second-order valence-corrected chi connectivity index (χ2v) is 5.38. The van der Waals surface area contributed by atoms with Gasteiger partial charge in [-0.1, -0.05) is 0 Å². The standard InChI is InChI=1S/C10H14N2O5S/c1-17-3-2-4-18(15,16)12-9-5-8(10(13)14)6-11-7-9/h5-7,12H,2-4H2,1H3,(H,13,14). The van der Waals surface area contributed by atoms with E-state index in [0.717, 1.165) is 6.20 Å². The van der Waals surface area contributed by atoms with Crippen molar-refractivity contribution in [3.05, 3.63) is 24.0 Å². The number of pyridine rings is 1. The molecule has 0 aromatic carbocycles. The number of hydrogen-bond acceptors (Lipinski definition) is 5. The number of ether oxygens (including phenoxy) is 1. The van der Waals surface area contributed by atoms with Gasteiger partial charge in [0.15, 0.2) is 0 Å². The molecule has 1 rings (SSSR count). The molecule has 1 heterocycles. The van der Waals surface area contributed by atoms with Gasteiger partial charge in [-0.15, -0.1) is 0 Å². The summed E-state index contributed by atoms with van der Waals surface area (Å²) in [6.07, 6.45) is 2.75. The highest BCUT2D eigenvalue weighted by Crippen LogP contribution is 2.11. The van der Waals surface area contributed by atoms with E-state index in [-0.39, 0.29) is 17.0 Å². The molecule has 0 spiro atoms. The number of nitrogens with zero attached hydrogens (tertiary/aromatic N) is 1. The molecule has 7 nitrogen and oxygen atoms in total. The van der Waals surface area contributed by atoms with Gasteiger partial charge in [-0.3, -0.25) is 9.71 Å². The lowest BCUT2D eigenvalue weighted by atomic mass is 10.3. The molecule has 100 valence electrons. The van der Waals surface area contributed by atoms with Crippen molar-refractivity contribution in [2.24, 2.45) is 0 Å². The van der Waals surface area contributed by atoms with Crippen LogP contribution in [0.25, 0.3) is 0 Å². The monoisotopic (exact) mass is 274 g/mol. The molecule has 0 atom stereocenters. The van der Waals surface area contributed by atoms with Crippen LogP contribution >= 0.6 is 0 Å². The van der Waals surface area contributed by atoms with E-state index >= 15 is 0 Å². The summed E-state index contributed by atoms with van der Waals surface area (Å²) < 4.78 is 30.2. The minimum atomic E-state index is -3.51. The highest BCUT2D eigenvalue weighted by molar-refractivity contribution is 7.92. The summed E-state index contributed by atoms with van der Waals surface area (Å²) in [4.78, 5) is 14.3. The van der Waals surface area contributed by atoms with Crippen molar-refractivity contribution in [2.75, 3.05) is 24.2 Å². The number of aromatic nitrogens is 1. The number of rotatable bonds is 7. The second-order valence-electron chi connectivity index (χ2n) is 3.53. The summed E-state index contributed by atoms with van der Waals surface area (Å²) in [7, 11) is -2.03. The van der Waals surface area contributed by atoms with Crippen LogP contribution in [-0.2, 0) is 14.8 Å². The predicted molar refractivity (Wildman–Crippen MR) is 65.1 cm³/mol. The molecule has 18 heavy (non-hydrogen) atoms. The van der Waals surface area contributed by atoms with Crippen molar-refractivity contribution in [3.63, 3.8) is 0 Å². The first-order chi connectivity index (χ1) is 8.44. The summed E-state index contributed by atoms with van der Waals surface area (Å²) >= 11 is 0. The van der Waals surface area contributed by atoms with Crippen molar-refractivity contribution in [1.29, 1.82) is 0 Å². The molecule has 0 aliphatic carbocycles. The van der Waals surface area contributed by atoms with Crippen LogP contribution in [0.15, 0.2) is 18.5 Å². The Labute approximate surface area is 105 Å². The van der Waals surface area contributed by atoms with E-state index in [9.17, 15) is 13.2 Å². The molecule has 2 N–H and O–H groups in total. The van der Waals surface area contributed by atoms with Crippen LogP contribution in [0, 0.1) is 0 Å². The number of carbonyl (C=O) groups is 1. The maximum Gasteiger partial charge on any atom is 0.337 e. The normalized spacial score (nSPS) is 11.2. The van der Waals surface area contributed by atoms with Gasteiger partial charge in [0, 0.05) is 19.9 Å². The molecular formula is C10H14N2O5S. The highest BCUT2D eigenvalue weighted by Gasteiger charge is 2.11. The van der Waals surface area contributed by atoms with Crippen LogP contribution in [0.5, 0.6) is 0 Å². The van der Waals surface area contributed by atoms with E-state index in [1.807, 2.05) is 0 Å². The van der Waals surface area contributed by atoms with Crippen LogP contribution in [0.1, 0.15) is 16.8 Å². The fraction of sp³-hybridized carbons (Fsp3) is 0.400. The molecule has 0 unspecified atom stereocenters. The van der Waals surface area contributed by atoms with Gasteiger partial charge < -0.3 is 9.84 Å². The Bertz CT molecular complexity index is 515. The third-order valence-electron chi connectivity index (χ3n) is 2.02. The minimum Gasteiger partial charge on any atom is -0.478 e. The molecule has 0 bridgehead atoms. The lowest BCUT2D eigenvalue weighted by molar-refractivity contribution is 0.0696. The lowest BCUT2D eigenvalue weighted by Crippen LogP contribution is -2.18. The number of hydrogen-bond donors (Lipinski definition) is 2. The number of sulfonamides is 1. The van der Waals surface area contributed by atoms with E-state index < -0.39 is 16.0 Å². The summed E-state index contributed by atoms with van der Waals surface area (Å²) in [5.41, 5.74) is 0.0550. The Morgan fingerprint density at radius 1 is 1.50 bits per heavy atom. The molecule has 8 heteroatoms. The molecule has 0 aliphatic heterocycles. The first-order valence-electron chi connectivity index (χ1n) is 5.12. The molecule has 0 aliphatic rings. The molecule has 0 fully saturated rings. The molecular weight excluding hydrogens is 260 g/mol. The molecule has 1 aromatic heterocycles. The SMILES string of the molecule is COCCCS(=O)(=O)Nc1cncc(C(=O)O)c1. The number of methoxy groups -OCH3 is 1. The lowest BCUT2D eigenvalue weighted by Gasteiger charge is -2.07. The smallest absolute Gasteiger partial charge is 0.337 e. The van der Waals surface area contributed by atoms with Crippen LogP contribution in [0.2, 0.25) is 0 Å². The van der Waals surface area contributed by atoms with Gasteiger partial charge in [0.2, 0.25) is 10.0 Å². The third kappa shape index (κ3) is 4.68. The zero-order valence-corrected chi connectivity index (χ0v) is 10.6. The number of carboxylic acid groups (broad SMARTS) is 1. The fourth-order valence-corrected chi connectivity index (χ4v) is 2.31. The number of carboxylic acids is 1. The van der Waals surface area contributed by atoms with E-state index in [1.54, 1.807) is 0 Å². The van der Waals surface area contributed by atoms with Crippen molar-refractivity contribution >= 4 is 21.7 Å². The zero-order valence-electron chi connectivity index (χ0n) is 9.79. The molecule has 1 aromatic rings. The Morgan fingerprint density at radius 2 is 2.22 bits per heavy atom. The van der Waals surface area contributed by atoms with E-state index in [0.29, 0.717) is 13.0 Å². The van der Waals surface area contributed by atoms with E-state index in [2.05, 4.69) is 9.71 Å². The molecule has 0 saturated heterocycles. The summed E-state index contributed by atoms with van der Waals surface area (Å²) in [6, 6.07) is 1.21. The van der Waals surface area contributed by atoms with E-state index in [1.165, 1.54) is 19.4 Å². The Balaban J connectivity index is 2.72. The first kappa shape index (κ1) is 14.4. The first-order valence-corrected chi connectivity index (χ1v) is 6.77. The third-order valence-corrected chi connectivity index (χ3v) is 3.39. The van der Waals surface area contributed by atoms with Gasteiger partial charge >= 0.3 is 5.97 Å². The van der Waals surface area contributed by atoms with Gasteiger partial charge in [0.05, 0.1) is 23.2 Å². The maximum atomic E-state index is 11.6. The minimum absolute atomic E-state index is 0.0768. The van der Waals surface area contributed by atoms with E-state index in [4.69, 9.17) is 9.84 Å². The maximum absolute atomic E-state index is 11.6. The van der Waals surface area contributed by atoms with Gasteiger partial charge in [-0.2, -0.15) is 0 Å². The Hall–Kier alpha value is -1.67. The Morgan fingerprint density at radius 3 is 2.83 bits per heavy atom. The van der Waals surface area contributed by atoms with Crippen LogP contribution < -0.4 is 4.72 Å². The molecule has 0 amide bonds. The highest BCUT2D eigenvalue weighted by atomic mass is 32.2. The van der Waals surface area contributed by atoms with Gasteiger partial charge in [-0.25, -0.2) is 13.2 Å². The van der Waals surface area contributed by atoms with Crippen LogP contribution in [0.4, 0.5) is 5.69 Å². The average Bonchev–Trinajstić information content (AvgIpc) is 2.28. The average molecular weight is 274 g/mol. The quantitative estimate of drug-likeness (QED) is 0.704. The van der Waals surface area contributed by atoms with Crippen LogP contribution in [0.3, 0.4) is 0 Å². The number of aromatic carboxylic acids is 1. The number of nitrogens with one attached hydrogen (secondary N) is 1. The second kappa shape index (κ2) is 6.31. The topological polar surface area (TPSA) is 106 Å². The van der Waals surface area contributed by atoms with Crippen molar-refractivity contribution < 1.29 is 23.1 Å². The number of anilines is 1. The van der Waals surface area contributed by atoms with Gasteiger partial charge in [0.1, 0.15) is 0 Å². The summed E-state index contributed by atoms with van der Waals surface area (Å²) in [5, 5.41) is 8.75. The Kier molecular flexibility index (Phi) is 5.05.